The molecule has 2 rings (SSSR count). The fraction of sp³-hybridized carbons (Fsp3) is 1.00. The molecule has 0 bridgehead atoms. The van der Waals surface area contributed by atoms with Crippen molar-refractivity contribution in [3.63, 3.8) is 0 Å². The Morgan fingerprint density at radius 1 is 1.00 bits per heavy atom. The first-order valence-electron chi connectivity index (χ1n) is 6.89. The topological polar surface area (TPSA) is 29.1 Å². The zero-order chi connectivity index (χ0) is 11.4. The van der Waals surface area contributed by atoms with E-state index in [1.54, 1.807) is 0 Å². The van der Waals surface area contributed by atoms with Crippen LogP contribution in [-0.2, 0) is 10.8 Å². The Bertz CT molecular complexity index is 226. The Morgan fingerprint density at radius 3 is 2.12 bits per heavy atom. The molecule has 2 fully saturated rings. The van der Waals surface area contributed by atoms with Crippen LogP contribution in [0.3, 0.4) is 0 Å². The van der Waals surface area contributed by atoms with Gasteiger partial charge in [0, 0.05) is 34.4 Å². The van der Waals surface area contributed by atoms with Crippen LogP contribution >= 0.6 is 0 Å². The lowest BCUT2D eigenvalue weighted by molar-refractivity contribution is 0.264. The van der Waals surface area contributed by atoms with Crippen LogP contribution in [-0.4, -0.2) is 27.8 Å². The number of hydrogen-bond donors (Lipinski definition) is 1. The minimum absolute atomic E-state index is 0.515. The van der Waals surface area contributed by atoms with E-state index in [2.05, 4.69) is 12.2 Å². The summed E-state index contributed by atoms with van der Waals surface area (Å²) in [4.78, 5) is 0. The molecule has 0 aromatic heterocycles. The van der Waals surface area contributed by atoms with Crippen LogP contribution in [0.15, 0.2) is 0 Å². The average Bonchev–Trinajstić information content (AvgIpc) is 2.33. The van der Waals surface area contributed by atoms with E-state index in [4.69, 9.17) is 0 Å². The molecule has 1 saturated heterocycles. The molecule has 1 aliphatic heterocycles. The first-order valence-corrected chi connectivity index (χ1v) is 8.37. The summed E-state index contributed by atoms with van der Waals surface area (Å²) < 4.78 is 11.3. The van der Waals surface area contributed by atoms with E-state index in [0.29, 0.717) is 6.04 Å². The number of hydrogen-bond acceptors (Lipinski definition) is 2. The first kappa shape index (κ1) is 12.6. The Hall–Kier alpha value is 0.110. The van der Waals surface area contributed by atoms with Crippen molar-refractivity contribution in [1.82, 2.24) is 5.32 Å². The fourth-order valence-electron chi connectivity index (χ4n) is 3.03. The average molecular weight is 243 g/mol. The second-order valence-corrected chi connectivity index (χ2v) is 7.11. The van der Waals surface area contributed by atoms with E-state index in [9.17, 15) is 4.21 Å². The highest BCUT2D eigenvalue weighted by atomic mass is 32.2. The van der Waals surface area contributed by atoms with Crippen molar-refractivity contribution in [2.75, 3.05) is 11.5 Å². The molecule has 0 spiro atoms. The highest BCUT2D eigenvalue weighted by Gasteiger charge is 2.24. The maximum atomic E-state index is 11.3. The third-order valence-electron chi connectivity index (χ3n) is 4.28. The van der Waals surface area contributed by atoms with Gasteiger partial charge in [-0.05, 0) is 44.4 Å². The lowest BCUT2D eigenvalue weighted by Crippen LogP contribution is -2.43. The van der Waals surface area contributed by atoms with Crippen molar-refractivity contribution < 1.29 is 4.21 Å². The molecule has 3 heteroatoms. The Morgan fingerprint density at radius 2 is 1.56 bits per heavy atom. The Kier molecular flexibility index (Phi) is 4.83. The van der Waals surface area contributed by atoms with Gasteiger partial charge in [-0.1, -0.05) is 13.3 Å². The van der Waals surface area contributed by atoms with E-state index in [1.807, 2.05) is 0 Å². The molecule has 16 heavy (non-hydrogen) atoms. The van der Waals surface area contributed by atoms with Crippen LogP contribution < -0.4 is 5.32 Å². The molecule has 2 nitrogen and oxygen atoms in total. The van der Waals surface area contributed by atoms with Gasteiger partial charge in [0.15, 0.2) is 0 Å². The molecule has 1 N–H and O–H groups in total. The van der Waals surface area contributed by atoms with Crippen LogP contribution in [0.25, 0.3) is 0 Å². The van der Waals surface area contributed by atoms with E-state index >= 15 is 0 Å². The molecule has 0 amide bonds. The molecule has 1 heterocycles. The van der Waals surface area contributed by atoms with Crippen molar-refractivity contribution in [1.29, 1.82) is 0 Å². The standard InChI is InChI=1S/C13H25NOS/c1-2-11-3-5-12(6-4-11)14-13-7-9-16(15)10-8-13/h11-14H,2-10H2,1H3. The van der Waals surface area contributed by atoms with Gasteiger partial charge in [-0.2, -0.15) is 0 Å². The minimum atomic E-state index is -0.515. The summed E-state index contributed by atoms with van der Waals surface area (Å²) in [6, 6.07) is 1.40. The summed E-state index contributed by atoms with van der Waals surface area (Å²) in [5.74, 6) is 2.82. The van der Waals surface area contributed by atoms with Crippen LogP contribution in [0.5, 0.6) is 0 Å². The van der Waals surface area contributed by atoms with Crippen LogP contribution in [0.2, 0.25) is 0 Å². The molecular formula is C13H25NOS. The highest BCUT2D eigenvalue weighted by Crippen LogP contribution is 2.27. The predicted molar refractivity (Wildman–Crippen MR) is 70.1 cm³/mol. The summed E-state index contributed by atoms with van der Waals surface area (Å²) in [7, 11) is -0.515. The van der Waals surface area contributed by atoms with Gasteiger partial charge >= 0.3 is 0 Å². The molecule has 0 unspecified atom stereocenters. The van der Waals surface area contributed by atoms with Gasteiger partial charge < -0.3 is 5.32 Å². The lowest BCUT2D eigenvalue weighted by Gasteiger charge is -2.33. The quantitative estimate of drug-likeness (QED) is 0.825. The van der Waals surface area contributed by atoms with Crippen LogP contribution in [0.4, 0.5) is 0 Å². The normalized spacial score (nSPS) is 40.8. The largest absolute Gasteiger partial charge is 0.311 e. The van der Waals surface area contributed by atoms with Gasteiger partial charge in [0.25, 0.3) is 0 Å². The Balaban J connectivity index is 1.68. The SMILES string of the molecule is CCC1CCC(NC2CCS(=O)CC2)CC1. The monoisotopic (exact) mass is 243 g/mol. The zero-order valence-corrected chi connectivity index (χ0v) is 11.2. The van der Waals surface area contributed by atoms with Crippen molar-refractivity contribution in [2.45, 2.75) is 64.0 Å². The van der Waals surface area contributed by atoms with Gasteiger partial charge in [0.05, 0.1) is 0 Å². The third kappa shape index (κ3) is 3.56. The van der Waals surface area contributed by atoms with E-state index in [-0.39, 0.29) is 0 Å². The van der Waals surface area contributed by atoms with Gasteiger partial charge in [-0.3, -0.25) is 4.21 Å². The number of rotatable bonds is 3. The second-order valence-electron chi connectivity index (χ2n) is 5.41. The molecule has 1 aliphatic carbocycles. The summed E-state index contributed by atoms with van der Waals surface area (Å²) in [5.41, 5.74) is 0. The van der Waals surface area contributed by atoms with Gasteiger partial charge in [0.1, 0.15) is 0 Å². The number of nitrogens with one attached hydrogen (secondary N) is 1. The summed E-state index contributed by atoms with van der Waals surface area (Å²) in [5, 5.41) is 3.79. The van der Waals surface area contributed by atoms with E-state index in [0.717, 1.165) is 36.3 Å². The molecule has 1 saturated carbocycles. The summed E-state index contributed by atoms with van der Waals surface area (Å²) >= 11 is 0. The Labute approximate surface area is 102 Å². The summed E-state index contributed by atoms with van der Waals surface area (Å²) in [6.07, 6.45) is 9.14. The lowest BCUT2D eigenvalue weighted by atomic mass is 9.84. The van der Waals surface area contributed by atoms with Gasteiger partial charge in [-0.25, -0.2) is 0 Å². The van der Waals surface area contributed by atoms with Crippen molar-refractivity contribution in [3.05, 3.63) is 0 Å². The van der Waals surface area contributed by atoms with Crippen LogP contribution in [0.1, 0.15) is 51.9 Å². The van der Waals surface area contributed by atoms with E-state index < -0.39 is 10.8 Å². The van der Waals surface area contributed by atoms with Gasteiger partial charge in [-0.15, -0.1) is 0 Å². The predicted octanol–water partition coefficient (Wildman–Crippen LogP) is 2.46. The van der Waals surface area contributed by atoms with Crippen molar-refractivity contribution in [2.24, 2.45) is 5.92 Å². The van der Waals surface area contributed by atoms with Gasteiger partial charge in [0.2, 0.25) is 0 Å². The molecule has 0 atom stereocenters. The van der Waals surface area contributed by atoms with Crippen molar-refractivity contribution in [3.8, 4) is 0 Å². The molecule has 0 radical (unpaired) electrons. The summed E-state index contributed by atoms with van der Waals surface area (Å²) in [6.45, 7) is 2.31. The zero-order valence-electron chi connectivity index (χ0n) is 10.4. The highest BCUT2D eigenvalue weighted by molar-refractivity contribution is 7.85. The van der Waals surface area contributed by atoms with E-state index in [1.165, 1.54) is 32.1 Å². The second kappa shape index (κ2) is 6.15. The molecule has 0 aromatic carbocycles. The molecule has 0 aromatic rings. The molecular weight excluding hydrogens is 218 g/mol. The van der Waals surface area contributed by atoms with Crippen molar-refractivity contribution >= 4 is 10.8 Å². The third-order valence-corrected chi connectivity index (χ3v) is 5.67. The van der Waals surface area contributed by atoms with Crippen LogP contribution in [0, 0.1) is 5.92 Å². The first-order chi connectivity index (χ1) is 7.78. The minimum Gasteiger partial charge on any atom is -0.311 e. The maximum Gasteiger partial charge on any atom is 0.0249 e. The molecule has 2 aliphatic rings. The smallest absolute Gasteiger partial charge is 0.0249 e. The molecule has 94 valence electrons. The maximum absolute atomic E-state index is 11.3. The fourth-order valence-corrected chi connectivity index (χ4v) is 4.33.